The predicted molar refractivity (Wildman–Crippen MR) is 93.2 cm³/mol. The highest BCUT2D eigenvalue weighted by Crippen LogP contribution is 2.43. The number of anilines is 1. The Balaban J connectivity index is 1.64. The van der Waals surface area contributed by atoms with E-state index in [1.807, 2.05) is 0 Å². The number of rotatable bonds is 3. The number of hydrogen-bond acceptors (Lipinski definition) is 4. The fourth-order valence-corrected chi connectivity index (χ4v) is 4.17. The number of nitrogens with zero attached hydrogens (tertiary/aromatic N) is 4. The number of carbonyl (C=O) groups excluding carboxylic acids is 1. The minimum atomic E-state index is -2.70. The van der Waals surface area contributed by atoms with E-state index in [9.17, 15) is 13.6 Å². The largest absolute Gasteiger partial charge is 0.370 e. The summed E-state index contributed by atoms with van der Waals surface area (Å²) < 4.78 is 26.3. The molecule has 2 aliphatic heterocycles. The summed E-state index contributed by atoms with van der Waals surface area (Å²) >= 11 is 6.40. The van der Waals surface area contributed by atoms with Crippen LogP contribution in [-0.4, -0.2) is 40.3 Å². The topological polar surface area (TPSA) is 63.1 Å². The first kappa shape index (κ1) is 17.2. The van der Waals surface area contributed by atoms with E-state index in [0.29, 0.717) is 33.9 Å². The van der Waals surface area contributed by atoms with Gasteiger partial charge < -0.3 is 10.2 Å². The zero-order valence-electron chi connectivity index (χ0n) is 14.0. The minimum absolute atomic E-state index is 0.136. The molecule has 0 radical (unpaired) electrons. The van der Waals surface area contributed by atoms with Gasteiger partial charge in [0.25, 0.3) is 0 Å². The van der Waals surface area contributed by atoms with Crippen molar-refractivity contribution in [2.24, 2.45) is 5.41 Å². The Bertz CT molecular complexity index is 832. The second-order valence-electron chi connectivity index (χ2n) is 6.78. The molecule has 4 rings (SSSR count). The van der Waals surface area contributed by atoms with E-state index in [1.54, 1.807) is 12.4 Å². The van der Waals surface area contributed by atoms with Crippen molar-refractivity contribution >= 4 is 23.2 Å². The lowest BCUT2D eigenvalue weighted by atomic mass is 9.77. The standard InChI is InChI=1S/C17H18ClF2N5O/c18-13-9-21-8-12(11-7-23-25(10-11)16(19)20)14(13)24-5-2-17(3-6-24)1-4-22-15(17)26/h7-10,16H,1-6H2,(H,22,26). The van der Waals surface area contributed by atoms with Crippen molar-refractivity contribution < 1.29 is 13.6 Å². The van der Waals surface area contributed by atoms with Gasteiger partial charge in [-0.2, -0.15) is 13.9 Å². The normalized spacial score (nSPS) is 19.4. The Kier molecular flexibility index (Phi) is 4.30. The quantitative estimate of drug-likeness (QED) is 0.887. The first-order valence-electron chi connectivity index (χ1n) is 8.50. The molecule has 4 heterocycles. The lowest BCUT2D eigenvalue weighted by Crippen LogP contribution is -2.44. The van der Waals surface area contributed by atoms with Crippen LogP contribution in [0, 0.1) is 5.41 Å². The molecule has 6 nitrogen and oxygen atoms in total. The van der Waals surface area contributed by atoms with E-state index in [-0.39, 0.29) is 11.3 Å². The van der Waals surface area contributed by atoms with Crippen LogP contribution in [0.5, 0.6) is 0 Å². The molecule has 9 heteroatoms. The fraction of sp³-hybridized carbons (Fsp3) is 0.471. The minimum Gasteiger partial charge on any atom is -0.370 e. The molecular formula is C17H18ClF2N5O. The van der Waals surface area contributed by atoms with Gasteiger partial charge in [-0.05, 0) is 19.3 Å². The molecule has 0 saturated carbocycles. The van der Waals surface area contributed by atoms with Crippen LogP contribution in [0.1, 0.15) is 25.8 Å². The van der Waals surface area contributed by atoms with Crippen LogP contribution in [-0.2, 0) is 4.79 Å². The van der Waals surface area contributed by atoms with Crippen molar-refractivity contribution in [1.29, 1.82) is 0 Å². The number of amides is 1. The van der Waals surface area contributed by atoms with Crippen LogP contribution in [0.3, 0.4) is 0 Å². The summed E-state index contributed by atoms with van der Waals surface area (Å²) in [5, 5.41) is 7.08. The van der Waals surface area contributed by atoms with E-state index in [1.165, 1.54) is 12.4 Å². The van der Waals surface area contributed by atoms with Crippen molar-refractivity contribution in [3.63, 3.8) is 0 Å². The van der Waals surface area contributed by atoms with E-state index in [4.69, 9.17) is 11.6 Å². The Morgan fingerprint density at radius 1 is 1.19 bits per heavy atom. The number of halogens is 3. The van der Waals surface area contributed by atoms with Crippen LogP contribution < -0.4 is 10.2 Å². The molecule has 1 spiro atoms. The third-order valence-electron chi connectivity index (χ3n) is 5.39. The first-order chi connectivity index (χ1) is 12.5. The summed E-state index contributed by atoms with van der Waals surface area (Å²) in [6.45, 7) is -0.622. The van der Waals surface area contributed by atoms with Gasteiger partial charge in [-0.3, -0.25) is 9.78 Å². The number of hydrogen-bond donors (Lipinski definition) is 1. The number of piperidine rings is 1. The highest BCUT2D eigenvalue weighted by molar-refractivity contribution is 6.33. The van der Waals surface area contributed by atoms with Gasteiger partial charge in [0.2, 0.25) is 5.91 Å². The maximum absolute atomic E-state index is 12.8. The smallest absolute Gasteiger partial charge is 0.333 e. The Labute approximate surface area is 154 Å². The number of pyridine rings is 1. The van der Waals surface area contributed by atoms with Crippen molar-refractivity contribution in [2.45, 2.75) is 25.8 Å². The molecular weight excluding hydrogens is 364 g/mol. The summed E-state index contributed by atoms with van der Waals surface area (Å²) in [5.74, 6) is 0.136. The number of nitrogens with one attached hydrogen (secondary N) is 1. The summed E-state index contributed by atoms with van der Waals surface area (Å²) in [7, 11) is 0. The second kappa shape index (κ2) is 6.50. The zero-order chi connectivity index (χ0) is 18.3. The van der Waals surface area contributed by atoms with Gasteiger partial charge in [0.05, 0.1) is 22.3 Å². The highest BCUT2D eigenvalue weighted by atomic mass is 35.5. The van der Waals surface area contributed by atoms with Crippen LogP contribution >= 0.6 is 11.6 Å². The van der Waals surface area contributed by atoms with Gasteiger partial charge >= 0.3 is 6.55 Å². The zero-order valence-corrected chi connectivity index (χ0v) is 14.7. The third-order valence-corrected chi connectivity index (χ3v) is 5.67. The Morgan fingerprint density at radius 3 is 2.58 bits per heavy atom. The molecule has 2 aliphatic rings. The molecule has 1 amide bonds. The third kappa shape index (κ3) is 2.82. The van der Waals surface area contributed by atoms with Gasteiger partial charge in [-0.1, -0.05) is 11.6 Å². The molecule has 0 aromatic carbocycles. The second-order valence-corrected chi connectivity index (χ2v) is 7.18. The van der Waals surface area contributed by atoms with Crippen molar-refractivity contribution in [2.75, 3.05) is 24.5 Å². The maximum atomic E-state index is 12.8. The molecule has 0 unspecified atom stereocenters. The lowest BCUT2D eigenvalue weighted by molar-refractivity contribution is -0.128. The highest BCUT2D eigenvalue weighted by Gasteiger charge is 2.44. The molecule has 0 bridgehead atoms. The van der Waals surface area contributed by atoms with Gasteiger partial charge in [0, 0.05) is 49.4 Å². The Hall–Kier alpha value is -2.22. The molecule has 2 aromatic heterocycles. The summed E-state index contributed by atoms with van der Waals surface area (Å²) in [6.07, 6.45) is 8.18. The monoisotopic (exact) mass is 381 g/mol. The van der Waals surface area contributed by atoms with E-state index in [0.717, 1.165) is 31.5 Å². The molecule has 2 aromatic rings. The fourth-order valence-electron chi connectivity index (χ4n) is 3.90. The molecule has 2 saturated heterocycles. The summed E-state index contributed by atoms with van der Waals surface area (Å²) in [4.78, 5) is 18.4. The average Bonchev–Trinajstić information content (AvgIpc) is 3.24. The van der Waals surface area contributed by atoms with E-state index < -0.39 is 6.55 Å². The molecule has 0 atom stereocenters. The van der Waals surface area contributed by atoms with Gasteiger partial charge in [0.15, 0.2) is 0 Å². The van der Waals surface area contributed by atoms with Crippen LogP contribution in [0.4, 0.5) is 14.5 Å². The first-order valence-corrected chi connectivity index (χ1v) is 8.87. The molecule has 0 aliphatic carbocycles. The average molecular weight is 382 g/mol. The Morgan fingerprint density at radius 2 is 1.96 bits per heavy atom. The number of alkyl halides is 2. The van der Waals surface area contributed by atoms with Gasteiger partial charge in [-0.25, -0.2) is 4.68 Å². The molecule has 26 heavy (non-hydrogen) atoms. The van der Waals surface area contributed by atoms with E-state index >= 15 is 0 Å². The molecule has 2 fully saturated rings. The van der Waals surface area contributed by atoms with E-state index in [2.05, 4.69) is 20.3 Å². The maximum Gasteiger partial charge on any atom is 0.333 e. The van der Waals surface area contributed by atoms with Crippen LogP contribution in [0.15, 0.2) is 24.8 Å². The SMILES string of the molecule is O=C1NCCC12CCN(c1c(Cl)cncc1-c1cnn(C(F)F)c1)CC2. The van der Waals surface area contributed by atoms with Crippen molar-refractivity contribution in [1.82, 2.24) is 20.1 Å². The van der Waals surface area contributed by atoms with Gasteiger partial charge in [-0.15, -0.1) is 0 Å². The summed E-state index contributed by atoms with van der Waals surface area (Å²) in [5.41, 5.74) is 1.67. The lowest BCUT2D eigenvalue weighted by Gasteiger charge is -2.39. The van der Waals surface area contributed by atoms with Gasteiger partial charge in [0.1, 0.15) is 0 Å². The number of aromatic nitrogens is 3. The van der Waals surface area contributed by atoms with Crippen LogP contribution in [0.2, 0.25) is 5.02 Å². The van der Waals surface area contributed by atoms with Crippen molar-refractivity contribution in [3.8, 4) is 11.1 Å². The van der Waals surface area contributed by atoms with Crippen LogP contribution in [0.25, 0.3) is 11.1 Å². The predicted octanol–water partition coefficient (Wildman–Crippen LogP) is 3.10. The molecule has 1 N–H and O–H groups in total. The van der Waals surface area contributed by atoms with Crippen molar-refractivity contribution in [3.05, 3.63) is 29.8 Å². The molecule has 138 valence electrons. The summed E-state index contributed by atoms with van der Waals surface area (Å²) in [6, 6.07) is 0. The number of carbonyl (C=O) groups is 1.